The second-order valence-corrected chi connectivity index (χ2v) is 8.10. The molecule has 0 fully saturated rings. The predicted molar refractivity (Wildman–Crippen MR) is 129 cm³/mol. The van der Waals surface area contributed by atoms with Gasteiger partial charge in [-0.25, -0.2) is 0 Å². The van der Waals surface area contributed by atoms with Crippen LogP contribution < -0.4 is 0 Å². The third-order valence-electron chi connectivity index (χ3n) is 5.58. The van der Waals surface area contributed by atoms with Crippen molar-refractivity contribution >= 4 is 43.8 Å². The Bertz CT molecular complexity index is 1380. The fourth-order valence-corrected chi connectivity index (χ4v) is 4.87. The van der Waals surface area contributed by atoms with Crippen molar-refractivity contribution in [1.82, 2.24) is 4.57 Å². The van der Waals surface area contributed by atoms with Crippen molar-refractivity contribution in [3.05, 3.63) is 107 Å². The van der Waals surface area contributed by atoms with E-state index in [4.69, 9.17) is 0 Å². The second-order valence-electron chi connectivity index (χ2n) is 7.25. The number of nitrogens with zero attached hydrogens (tertiary/aromatic N) is 1. The number of benzene rings is 4. The molecule has 0 saturated carbocycles. The summed E-state index contributed by atoms with van der Waals surface area (Å²) in [6, 6.07) is 30.0. The van der Waals surface area contributed by atoms with Crippen LogP contribution in [0, 0.1) is 6.92 Å². The molecule has 0 radical (unpaired) electrons. The van der Waals surface area contributed by atoms with E-state index in [1.807, 2.05) is 6.08 Å². The van der Waals surface area contributed by atoms with E-state index < -0.39 is 0 Å². The summed E-state index contributed by atoms with van der Waals surface area (Å²) in [4.78, 5) is 0. The van der Waals surface area contributed by atoms with Crippen LogP contribution in [-0.4, -0.2) is 4.57 Å². The molecule has 0 aliphatic carbocycles. The van der Waals surface area contributed by atoms with Gasteiger partial charge in [-0.05, 0) is 47.9 Å². The van der Waals surface area contributed by atoms with E-state index >= 15 is 0 Å². The molecule has 1 nitrogen and oxygen atoms in total. The van der Waals surface area contributed by atoms with Gasteiger partial charge in [-0.2, -0.15) is 0 Å². The van der Waals surface area contributed by atoms with Gasteiger partial charge >= 0.3 is 0 Å². The summed E-state index contributed by atoms with van der Waals surface area (Å²) in [7, 11) is 0. The number of aromatic nitrogens is 1. The Labute approximate surface area is 179 Å². The van der Waals surface area contributed by atoms with Crippen molar-refractivity contribution in [2.45, 2.75) is 6.92 Å². The minimum atomic E-state index is 1.06. The smallest absolute Gasteiger partial charge is 0.0626 e. The van der Waals surface area contributed by atoms with Crippen molar-refractivity contribution in [2.24, 2.45) is 0 Å². The summed E-state index contributed by atoms with van der Waals surface area (Å²) < 4.78 is 3.44. The van der Waals surface area contributed by atoms with Crippen molar-refractivity contribution in [1.29, 1.82) is 0 Å². The van der Waals surface area contributed by atoms with Gasteiger partial charge in [0.15, 0.2) is 0 Å². The van der Waals surface area contributed by atoms with Crippen LogP contribution in [0.4, 0.5) is 0 Å². The van der Waals surface area contributed by atoms with Crippen LogP contribution in [0.25, 0.3) is 44.7 Å². The molecule has 0 bridgehead atoms. The molecule has 0 aliphatic rings. The molecule has 5 rings (SSSR count). The molecule has 2 heteroatoms. The maximum atomic E-state index is 4.13. The SMILES string of the molecule is C=Cc1c(Br)cc2c3ccccc3n(-c3ccccc3)c2c1-c1ccccc1C. The highest BCUT2D eigenvalue weighted by atomic mass is 79.9. The van der Waals surface area contributed by atoms with Crippen LogP contribution in [-0.2, 0) is 0 Å². The summed E-state index contributed by atoms with van der Waals surface area (Å²) in [6.07, 6.45) is 1.96. The zero-order valence-corrected chi connectivity index (χ0v) is 17.8. The lowest BCUT2D eigenvalue weighted by molar-refractivity contribution is 1.18. The Hall–Kier alpha value is -3.10. The molecule has 0 spiro atoms. The maximum Gasteiger partial charge on any atom is 0.0626 e. The average Bonchev–Trinajstić information content (AvgIpc) is 3.08. The summed E-state index contributed by atoms with van der Waals surface area (Å²) in [5.74, 6) is 0. The molecule has 0 atom stereocenters. The first-order chi connectivity index (χ1) is 14.2. The fraction of sp³-hybridized carbons (Fsp3) is 0.0370. The molecule has 0 N–H and O–H groups in total. The van der Waals surface area contributed by atoms with Crippen LogP contribution in [0.1, 0.15) is 11.1 Å². The highest BCUT2D eigenvalue weighted by Gasteiger charge is 2.21. The zero-order chi connectivity index (χ0) is 20.0. The number of rotatable bonds is 3. The molecule has 1 heterocycles. The van der Waals surface area contributed by atoms with Gasteiger partial charge in [-0.1, -0.05) is 89.2 Å². The van der Waals surface area contributed by atoms with Gasteiger partial charge < -0.3 is 4.57 Å². The Kier molecular flexibility index (Phi) is 4.37. The van der Waals surface area contributed by atoms with E-state index in [-0.39, 0.29) is 0 Å². The topological polar surface area (TPSA) is 4.93 Å². The van der Waals surface area contributed by atoms with E-state index in [9.17, 15) is 0 Å². The number of para-hydroxylation sites is 2. The number of fused-ring (bicyclic) bond motifs is 3. The van der Waals surface area contributed by atoms with Crippen molar-refractivity contribution in [2.75, 3.05) is 0 Å². The average molecular weight is 438 g/mol. The normalized spacial score (nSPS) is 11.2. The highest BCUT2D eigenvalue weighted by Crippen LogP contribution is 2.44. The van der Waals surface area contributed by atoms with E-state index in [2.05, 4.69) is 119 Å². The van der Waals surface area contributed by atoms with Gasteiger partial charge in [0.2, 0.25) is 0 Å². The third-order valence-corrected chi connectivity index (χ3v) is 6.24. The summed E-state index contributed by atoms with van der Waals surface area (Å²) in [6.45, 7) is 6.30. The first-order valence-corrected chi connectivity index (χ1v) is 10.5. The van der Waals surface area contributed by atoms with Crippen LogP contribution >= 0.6 is 15.9 Å². The molecular weight excluding hydrogens is 418 g/mol. The summed E-state index contributed by atoms with van der Waals surface area (Å²) >= 11 is 3.82. The van der Waals surface area contributed by atoms with Crippen LogP contribution in [0.2, 0.25) is 0 Å². The predicted octanol–water partition coefficient (Wildman–Crippen LogP) is 8.16. The fourth-order valence-electron chi connectivity index (χ4n) is 4.28. The Morgan fingerprint density at radius 1 is 0.828 bits per heavy atom. The molecular formula is C27H20BrN. The molecule has 0 amide bonds. The van der Waals surface area contributed by atoms with Crippen LogP contribution in [0.15, 0.2) is 96.0 Å². The standard InChI is InChI=1S/C27H20BrN/c1-3-20-24(28)17-23-22-15-9-10-16-25(22)29(19-12-5-4-6-13-19)27(23)26(20)21-14-8-7-11-18(21)2/h3-17H,1H2,2H3. The van der Waals surface area contributed by atoms with Gasteiger partial charge in [-0.15, -0.1) is 0 Å². The molecule has 0 aliphatic heterocycles. The van der Waals surface area contributed by atoms with Gasteiger partial charge in [0.1, 0.15) is 0 Å². The molecule has 1 aromatic heterocycles. The Morgan fingerprint density at radius 2 is 1.52 bits per heavy atom. The van der Waals surface area contributed by atoms with Gasteiger partial charge in [0.25, 0.3) is 0 Å². The number of hydrogen-bond donors (Lipinski definition) is 0. The van der Waals surface area contributed by atoms with Crippen molar-refractivity contribution in [3.63, 3.8) is 0 Å². The first kappa shape index (κ1) is 18.0. The zero-order valence-electron chi connectivity index (χ0n) is 16.2. The minimum Gasteiger partial charge on any atom is -0.309 e. The molecule has 140 valence electrons. The monoisotopic (exact) mass is 437 g/mol. The first-order valence-electron chi connectivity index (χ1n) is 9.70. The number of hydrogen-bond acceptors (Lipinski definition) is 0. The van der Waals surface area contributed by atoms with Crippen molar-refractivity contribution < 1.29 is 0 Å². The quantitative estimate of drug-likeness (QED) is 0.268. The van der Waals surface area contributed by atoms with Gasteiger partial charge in [0.05, 0.1) is 11.0 Å². The lowest BCUT2D eigenvalue weighted by Gasteiger charge is -2.17. The Balaban J connectivity index is 2.09. The van der Waals surface area contributed by atoms with Crippen LogP contribution in [0.5, 0.6) is 0 Å². The summed E-state index contributed by atoms with van der Waals surface area (Å²) in [5.41, 5.74) is 8.38. The molecule has 29 heavy (non-hydrogen) atoms. The largest absolute Gasteiger partial charge is 0.309 e. The van der Waals surface area contributed by atoms with Gasteiger partial charge in [0, 0.05) is 26.5 Å². The van der Waals surface area contributed by atoms with E-state index in [1.165, 1.54) is 38.5 Å². The van der Waals surface area contributed by atoms with E-state index in [0.29, 0.717) is 0 Å². The molecule has 0 unspecified atom stereocenters. The Morgan fingerprint density at radius 3 is 2.28 bits per heavy atom. The van der Waals surface area contributed by atoms with Crippen LogP contribution in [0.3, 0.4) is 0 Å². The molecule has 5 aromatic rings. The summed E-state index contributed by atoms with van der Waals surface area (Å²) in [5, 5.41) is 2.48. The van der Waals surface area contributed by atoms with Crippen molar-refractivity contribution in [3.8, 4) is 16.8 Å². The minimum absolute atomic E-state index is 1.06. The van der Waals surface area contributed by atoms with E-state index in [0.717, 1.165) is 15.7 Å². The molecule has 4 aromatic carbocycles. The molecule has 0 saturated heterocycles. The third kappa shape index (κ3) is 2.75. The number of halogens is 1. The second kappa shape index (κ2) is 7.06. The maximum absolute atomic E-state index is 4.13. The van der Waals surface area contributed by atoms with Gasteiger partial charge in [-0.3, -0.25) is 0 Å². The van der Waals surface area contributed by atoms with E-state index in [1.54, 1.807) is 0 Å². The lowest BCUT2D eigenvalue weighted by Crippen LogP contribution is -1.98. The lowest BCUT2D eigenvalue weighted by atomic mass is 9.93. The number of aryl methyl sites for hydroxylation is 1. The highest BCUT2D eigenvalue weighted by molar-refractivity contribution is 9.10.